The molecule has 0 aromatic carbocycles. The summed E-state index contributed by atoms with van der Waals surface area (Å²) < 4.78 is 0. The molecule has 0 aliphatic heterocycles. The predicted molar refractivity (Wildman–Crippen MR) is 108 cm³/mol. The van der Waals surface area contributed by atoms with Crippen LogP contribution < -0.4 is 0 Å². The largest absolute Gasteiger partial charge is 0.411 e. The molecule has 2 fully saturated rings. The summed E-state index contributed by atoms with van der Waals surface area (Å²) in [5.41, 5.74) is 4.71. The average molecular weight is 346 g/mol. The minimum atomic E-state index is 0.442. The van der Waals surface area contributed by atoms with E-state index >= 15 is 0 Å². The lowest BCUT2D eigenvalue weighted by Crippen LogP contribution is -2.49. The van der Waals surface area contributed by atoms with Gasteiger partial charge in [0.15, 0.2) is 0 Å². The van der Waals surface area contributed by atoms with E-state index in [1.54, 1.807) is 0 Å². The topological polar surface area (TPSA) is 32.6 Å². The lowest BCUT2D eigenvalue weighted by atomic mass is 9.47. The van der Waals surface area contributed by atoms with E-state index in [4.69, 9.17) is 5.21 Å². The Labute approximate surface area is 155 Å². The van der Waals surface area contributed by atoms with E-state index in [9.17, 15) is 0 Å². The van der Waals surface area contributed by atoms with Crippen molar-refractivity contribution in [1.29, 1.82) is 0 Å². The van der Waals surface area contributed by atoms with Crippen molar-refractivity contribution in [3.05, 3.63) is 23.8 Å². The molecule has 0 radical (unpaired) electrons. The molecule has 0 bridgehead atoms. The van der Waals surface area contributed by atoms with Gasteiger partial charge in [-0.1, -0.05) is 56.1 Å². The summed E-state index contributed by atoms with van der Waals surface area (Å²) in [5, 5.41) is 12.0. The van der Waals surface area contributed by atoms with Gasteiger partial charge in [-0.2, -0.15) is 0 Å². The van der Waals surface area contributed by atoms with Crippen LogP contribution in [0.5, 0.6) is 0 Å². The molecule has 2 nitrogen and oxygen atoms in total. The van der Waals surface area contributed by atoms with Crippen LogP contribution in [0.4, 0.5) is 0 Å². The average Bonchev–Trinajstić information content (AvgIpc) is 2.53. The standard InChI is InChI=1S/C23H39NO/c1-17(9-7-10-19(3)24-25)11-13-20-18(2)12-14-21-22(4,5)15-8-16-23(20,21)6/h9,20-21,25H,2,7-8,10-16H2,1,3-6H3/b17-9-,24-19+/t20-,21+,23+/m0/s1. The van der Waals surface area contributed by atoms with Crippen molar-refractivity contribution in [2.45, 2.75) is 92.4 Å². The number of nitrogens with zero attached hydrogens (tertiary/aromatic N) is 1. The second kappa shape index (κ2) is 8.10. The van der Waals surface area contributed by atoms with Crippen LogP contribution in [0.3, 0.4) is 0 Å². The molecule has 0 aromatic heterocycles. The highest BCUT2D eigenvalue weighted by Crippen LogP contribution is 2.61. The van der Waals surface area contributed by atoms with Crippen LogP contribution in [0.2, 0.25) is 0 Å². The van der Waals surface area contributed by atoms with E-state index in [1.807, 2.05) is 6.92 Å². The monoisotopic (exact) mass is 345 g/mol. The van der Waals surface area contributed by atoms with Crippen LogP contribution in [0.25, 0.3) is 0 Å². The third-order valence-electron chi connectivity index (χ3n) is 7.32. The maximum absolute atomic E-state index is 8.74. The molecule has 2 aliphatic carbocycles. The van der Waals surface area contributed by atoms with Crippen molar-refractivity contribution in [3.63, 3.8) is 0 Å². The lowest BCUT2D eigenvalue weighted by molar-refractivity contribution is -0.0539. The second-order valence-electron chi connectivity index (χ2n) is 9.61. The summed E-state index contributed by atoms with van der Waals surface area (Å²) in [6.07, 6.45) is 13.3. The quantitative estimate of drug-likeness (QED) is 0.236. The Hall–Kier alpha value is -1.05. The van der Waals surface area contributed by atoms with Crippen LogP contribution >= 0.6 is 0 Å². The third-order valence-corrected chi connectivity index (χ3v) is 7.32. The van der Waals surface area contributed by atoms with Gasteiger partial charge in [0.2, 0.25) is 0 Å². The number of allylic oxidation sites excluding steroid dienone is 3. The molecule has 2 aliphatic rings. The molecule has 2 saturated carbocycles. The first-order valence-electron chi connectivity index (χ1n) is 10.2. The van der Waals surface area contributed by atoms with Crippen LogP contribution in [0, 0.1) is 22.7 Å². The summed E-state index contributed by atoms with van der Waals surface area (Å²) >= 11 is 0. The van der Waals surface area contributed by atoms with Gasteiger partial charge < -0.3 is 5.21 Å². The summed E-state index contributed by atoms with van der Waals surface area (Å²) in [7, 11) is 0. The Morgan fingerprint density at radius 1 is 1.24 bits per heavy atom. The zero-order valence-corrected chi connectivity index (χ0v) is 17.2. The van der Waals surface area contributed by atoms with Gasteiger partial charge >= 0.3 is 0 Å². The molecule has 142 valence electrons. The van der Waals surface area contributed by atoms with Gasteiger partial charge in [0.25, 0.3) is 0 Å². The number of hydrogen-bond donors (Lipinski definition) is 1. The van der Waals surface area contributed by atoms with Crippen LogP contribution in [-0.2, 0) is 0 Å². The molecule has 1 N–H and O–H groups in total. The Kier molecular flexibility index (Phi) is 6.56. The molecule has 0 aromatic rings. The van der Waals surface area contributed by atoms with Gasteiger partial charge in [-0.25, -0.2) is 0 Å². The SMILES string of the molecule is C=C1CC[C@@H]2C(C)(C)CCC[C@]2(C)[C@H]1CC/C(C)=C\CC/C(C)=N/O. The highest BCUT2D eigenvalue weighted by molar-refractivity contribution is 5.81. The van der Waals surface area contributed by atoms with Crippen molar-refractivity contribution in [2.75, 3.05) is 0 Å². The number of rotatable bonds is 6. The van der Waals surface area contributed by atoms with E-state index in [0.717, 1.165) is 24.5 Å². The fourth-order valence-corrected chi connectivity index (χ4v) is 5.86. The maximum Gasteiger partial charge on any atom is 0.0543 e. The van der Waals surface area contributed by atoms with Crippen LogP contribution in [0.1, 0.15) is 92.4 Å². The Balaban J connectivity index is 2.02. The van der Waals surface area contributed by atoms with E-state index in [-0.39, 0.29) is 0 Å². The Morgan fingerprint density at radius 3 is 2.64 bits per heavy atom. The molecular formula is C23H39NO. The third kappa shape index (κ3) is 4.57. The van der Waals surface area contributed by atoms with Gasteiger partial charge in [0.05, 0.1) is 5.71 Å². The smallest absolute Gasteiger partial charge is 0.0543 e. The number of oxime groups is 1. The highest BCUT2D eigenvalue weighted by Gasteiger charge is 2.52. The highest BCUT2D eigenvalue weighted by atomic mass is 16.4. The van der Waals surface area contributed by atoms with Gasteiger partial charge in [0.1, 0.15) is 0 Å². The summed E-state index contributed by atoms with van der Waals surface area (Å²) in [4.78, 5) is 0. The van der Waals surface area contributed by atoms with Gasteiger partial charge in [-0.15, -0.1) is 0 Å². The second-order valence-corrected chi connectivity index (χ2v) is 9.61. The zero-order valence-electron chi connectivity index (χ0n) is 17.2. The predicted octanol–water partition coefficient (Wildman–Crippen LogP) is 7.14. The minimum Gasteiger partial charge on any atom is -0.411 e. The molecule has 0 spiro atoms. The van der Waals surface area contributed by atoms with Crippen molar-refractivity contribution >= 4 is 5.71 Å². The van der Waals surface area contributed by atoms with E-state index in [2.05, 4.69) is 45.5 Å². The molecule has 0 amide bonds. The number of fused-ring (bicyclic) bond motifs is 1. The molecule has 0 unspecified atom stereocenters. The molecule has 2 heteroatoms. The lowest BCUT2D eigenvalue weighted by Gasteiger charge is -2.58. The van der Waals surface area contributed by atoms with E-state index in [1.165, 1.54) is 56.1 Å². The zero-order chi connectivity index (χ0) is 18.7. The van der Waals surface area contributed by atoms with Gasteiger partial charge in [0, 0.05) is 0 Å². The molecule has 25 heavy (non-hydrogen) atoms. The first-order chi connectivity index (χ1) is 11.7. The molecular weight excluding hydrogens is 306 g/mol. The van der Waals surface area contributed by atoms with Gasteiger partial charge in [-0.3, -0.25) is 0 Å². The first-order valence-corrected chi connectivity index (χ1v) is 10.2. The van der Waals surface area contributed by atoms with Crippen molar-refractivity contribution < 1.29 is 5.21 Å². The van der Waals surface area contributed by atoms with Crippen molar-refractivity contribution in [2.24, 2.45) is 27.8 Å². The van der Waals surface area contributed by atoms with E-state index < -0.39 is 0 Å². The van der Waals surface area contributed by atoms with Crippen molar-refractivity contribution in [3.8, 4) is 0 Å². The molecule has 3 atom stereocenters. The molecule has 0 saturated heterocycles. The normalized spacial score (nSPS) is 33.2. The molecule has 2 rings (SSSR count). The maximum atomic E-state index is 8.74. The van der Waals surface area contributed by atoms with Crippen LogP contribution in [0.15, 0.2) is 29.0 Å². The molecule has 0 heterocycles. The summed E-state index contributed by atoms with van der Waals surface area (Å²) in [6.45, 7) is 16.2. The minimum absolute atomic E-state index is 0.442. The first kappa shape index (κ1) is 20.3. The van der Waals surface area contributed by atoms with Crippen molar-refractivity contribution in [1.82, 2.24) is 0 Å². The summed E-state index contributed by atoms with van der Waals surface area (Å²) in [5.74, 6) is 1.52. The van der Waals surface area contributed by atoms with Gasteiger partial charge in [-0.05, 0) is 87.9 Å². The van der Waals surface area contributed by atoms with Crippen LogP contribution in [-0.4, -0.2) is 10.9 Å². The fourth-order valence-electron chi connectivity index (χ4n) is 5.86. The van der Waals surface area contributed by atoms with E-state index in [0.29, 0.717) is 16.7 Å². The fraction of sp³-hybridized carbons (Fsp3) is 0.783. The summed E-state index contributed by atoms with van der Waals surface area (Å²) in [6, 6.07) is 0. The Morgan fingerprint density at radius 2 is 1.96 bits per heavy atom. The Bertz CT molecular complexity index is 542. The number of hydrogen-bond acceptors (Lipinski definition) is 2.